The van der Waals surface area contributed by atoms with Gasteiger partial charge in [-0.05, 0) is 49.7 Å². The van der Waals surface area contributed by atoms with E-state index in [1.165, 1.54) is 48.7 Å². The number of nitrogens with zero attached hydrogens (tertiary/aromatic N) is 2. The van der Waals surface area contributed by atoms with Gasteiger partial charge in [-0.2, -0.15) is 0 Å². The minimum atomic E-state index is 0.856. The number of aromatic amines is 1. The Bertz CT molecular complexity index is 742. The van der Waals surface area contributed by atoms with Gasteiger partial charge >= 0.3 is 0 Å². The first-order valence-corrected chi connectivity index (χ1v) is 10.1. The summed E-state index contributed by atoms with van der Waals surface area (Å²) in [5.41, 5.74) is 2.56. The number of fused-ring (bicyclic) bond motifs is 1. The molecule has 0 saturated heterocycles. The molecule has 2 saturated carbocycles. The SMILES string of the molecule is CN=C(NCCc1c[nH]c2ccccc12)NCCN(CC1CC1)C1CC1. The lowest BCUT2D eigenvalue weighted by molar-refractivity contribution is 0.256. The maximum atomic E-state index is 4.37. The van der Waals surface area contributed by atoms with Crippen molar-refractivity contribution in [1.82, 2.24) is 20.5 Å². The highest BCUT2D eigenvalue weighted by atomic mass is 15.2. The molecule has 140 valence electrons. The lowest BCUT2D eigenvalue weighted by Crippen LogP contribution is -2.43. The summed E-state index contributed by atoms with van der Waals surface area (Å²) in [6, 6.07) is 9.33. The Labute approximate surface area is 156 Å². The van der Waals surface area contributed by atoms with Gasteiger partial charge < -0.3 is 15.6 Å². The van der Waals surface area contributed by atoms with Gasteiger partial charge in [-0.15, -0.1) is 0 Å². The van der Waals surface area contributed by atoms with Crippen LogP contribution in [0.25, 0.3) is 10.9 Å². The normalized spacial score (nSPS) is 17.8. The number of aromatic nitrogens is 1. The zero-order valence-electron chi connectivity index (χ0n) is 15.8. The summed E-state index contributed by atoms with van der Waals surface area (Å²) in [7, 11) is 1.85. The van der Waals surface area contributed by atoms with Crippen LogP contribution in [0.15, 0.2) is 35.5 Å². The summed E-state index contributed by atoms with van der Waals surface area (Å²) in [6.07, 6.45) is 8.77. The molecule has 2 aliphatic rings. The van der Waals surface area contributed by atoms with Gasteiger partial charge in [0, 0.05) is 56.4 Å². The van der Waals surface area contributed by atoms with Crippen molar-refractivity contribution in [2.75, 3.05) is 33.2 Å². The van der Waals surface area contributed by atoms with E-state index in [-0.39, 0.29) is 0 Å². The van der Waals surface area contributed by atoms with E-state index in [9.17, 15) is 0 Å². The molecule has 2 aliphatic carbocycles. The lowest BCUT2D eigenvalue weighted by atomic mass is 10.1. The molecule has 2 aromatic rings. The molecule has 0 atom stereocenters. The van der Waals surface area contributed by atoms with Crippen LogP contribution in [0, 0.1) is 5.92 Å². The van der Waals surface area contributed by atoms with Crippen LogP contribution < -0.4 is 10.6 Å². The number of aliphatic imine (C=N–C) groups is 1. The van der Waals surface area contributed by atoms with Gasteiger partial charge in [0.15, 0.2) is 5.96 Å². The third-order valence-corrected chi connectivity index (χ3v) is 5.53. The number of nitrogens with one attached hydrogen (secondary N) is 3. The van der Waals surface area contributed by atoms with E-state index >= 15 is 0 Å². The first kappa shape index (κ1) is 17.4. The zero-order chi connectivity index (χ0) is 17.8. The Morgan fingerprint density at radius 1 is 1.15 bits per heavy atom. The van der Waals surface area contributed by atoms with Gasteiger partial charge in [-0.25, -0.2) is 0 Å². The molecular weight excluding hydrogens is 322 g/mol. The van der Waals surface area contributed by atoms with Crippen LogP contribution in [0.4, 0.5) is 0 Å². The smallest absolute Gasteiger partial charge is 0.191 e. The van der Waals surface area contributed by atoms with Crippen molar-refractivity contribution < 1.29 is 0 Å². The van der Waals surface area contributed by atoms with Gasteiger partial charge in [0.05, 0.1) is 0 Å². The second-order valence-electron chi connectivity index (χ2n) is 7.70. The molecule has 0 spiro atoms. The van der Waals surface area contributed by atoms with Crippen molar-refractivity contribution in [2.45, 2.75) is 38.1 Å². The molecule has 1 heterocycles. The molecule has 26 heavy (non-hydrogen) atoms. The number of hydrogen-bond acceptors (Lipinski definition) is 2. The Hall–Kier alpha value is -2.01. The molecule has 1 aromatic heterocycles. The van der Waals surface area contributed by atoms with E-state index in [2.05, 4.69) is 56.0 Å². The van der Waals surface area contributed by atoms with Crippen molar-refractivity contribution in [3.63, 3.8) is 0 Å². The van der Waals surface area contributed by atoms with Crippen molar-refractivity contribution in [3.05, 3.63) is 36.0 Å². The Morgan fingerprint density at radius 3 is 2.73 bits per heavy atom. The number of hydrogen-bond donors (Lipinski definition) is 3. The fourth-order valence-electron chi connectivity index (χ4n) is 3.69. The summed E-state index contributed by atoms with van der Waals surface area (Å²) < 4.78 is 0. The van der Waals surface area contributed by atoms with Gasteiger partial charge in [-0.1, -0.05) is 18.2 Å². The Kier molecular flexibility index (Phi) is 5.44. The van der Waals surface area contributed by atoms with Crippen molar-refractivity contribution in [1.29, 1.82) is 0 Å². The quantitative estimate of drug-likeness (QED) is 0.480. The molecule has 0 aliphatic heterocycles. The van der Waals surface area contributed by atoms with E-state index in [0.717, 1.165) is 44.0 Å². The lowest BCUT2D eigenvalue weighted by Gasteiger charge is -2.22. The molecule has 5 heteroatoms. The second kappa shape index (κ2) is 8.12. The predicted octanol–water partition coefficient (Wildman–Crippen LogP) is 2.75. The summed E-state index contributed by atoms with van der Waals surface area (Å²) in [5.74, 6) is 1.89. The fraction of sp³-hybridized carbons (Fsp3) is 0.571. The standard InChI is InChI=1S/C21H31N5/c1-22-21(24-12-13-26(18-8-9-18)15-16-6-7-16)23-11-10-17-14-25-20-5-3-2-4-19(17)20/h2-5,14,16,18,25H,6-13,15H2,1H3,(H2,22,23,24). The maximum absolute atomic E-state index is 4.37. The Balaban J connectivity index is 1.19. The van der Waals surface area contributed by atoms with Crippen LogP contribution in [0.5, 0.6) is 0 Å². The van der Waals surface area contributed by atoms with Crippen LogP contribution >= 0.6 is 0 Å². The molecule has 3 N–H and O–H groups in total. The van der Waals surface area contributed by atoms with E-state index < -0.39 is 0 Å². The van der Waals surface area contributed by atoms with E-state index in [4.69, 9.17) is 0 Å². The number of para-hydroxylation sites is 1. The van der Waals surface area contributed by atoms with Crippen LogP contribution in [0.2, 0.25) is 0 Å². The van der Waals surface area contributed by atoms with Crippen LogP contribution in [0.3, 0.4) is 0 Å². The third-order valence-electron chi connectivity index (χ3n) is 5.53. The summed E-state index contributed by atoms with van der Waals surface area (Å²) in [4.78, 5) is 10.4. The fourth-order valence-corrected chi connectivity index (χ4v) is 3.69. The second-order valence-corrected chi connectivity index (χ2v) is 7.70. The molecular formula is C21H31N5. The zero-order valence-corrected chi connectivity index (χ0v) is 15.8. The van der Waals surface area contributed by atoms with E-state index in [1.807, 2.05) is 7.05 Å². The first-order chi connectivity index (χ1) is 12.8. The third kappa shape index (κ3) is 4.58. The highest BCUT2D eigenvalue weighted by molar-refractivity contribution is 5.83. The number of guanidine groups is 1. The monoisotopic (exact) mass is 353 g/mol. The maximum Gasteiger partial charge on any atom is 0.191 e. The number of rotatable bonds is 9. The molecule has 0 unspecified atom stereocenters. The molecule has 2 fully saturated rings. The van der Waals surface area contributed by atoms with Crippen LogP contribution in [-0.2, 0) is 6.42 Å². The topological polar surface area (TPSA) is 55.5 Å². The molecule has 0 radical (unpaired) electrons. The molecule has 4 rings (SSSR count). The average Bonchev–Trinajstić information content (AvgIpc) is 3.58. The number of H-pyrrole nitrogens is 1. The largest absolute Gasteiger partial charge is 0.361 e. The van der Waals surface area contributed by atoms with Gasteiger partial charge in [0.2, 0.25) is 0 Å². The van der Waals surface area contributed by atoms with Crippen LogP contribution in [-0.4, -0.2) is 55.1 Å². The summed E-state index contributed by atoms with van der Waals surface area (Å²) in [5, 5.41) is 8.25. The van der Waals surface area contributed by atoms with Crippen LogP contribution in [0.1, 0.15) is 31.2 Å². The first-order valence-electron chi connectivity index (χ1n) is 10.1. The molecule has 5 nitrogen and oxygen atoms in total. The summed E-state index contributed by atoms with van der Waals surface area (Å²) in [6.45, 7) is 4.29. The minimum Gasteiger partial charge on any atom is -0.361 e. The van der Waals surface area contributed by atoms with Crippen molar-refractivity contribution >= 4 is 16.9 Å². The van der Waals surface area contributed by atoms with Gasteiger partial charge in [-0.3, -0.25) is 9.89 Å². The van der Waals surface area contributed by atoms with Gasteiger partial charge in [0.25, 0.3) is 0 Å². The van der Waals surface area contributed by atoms with Crippen molar-refractivity contribution in [2.24, 2.45) is 10.9 Å². The molecule has 0 bridgehead atoms. The number of benzene rings is 1. The van der Waals surface area contributed by atoms with Gasteiger partial charge in [0.1, 0.15) is 0 Å². The highest BCUT2D eigenvalue weighted by Crippen LogP contribution is 2.34. The predicted molar refractivity (Wildman–Crippen MR) is 109 cm³/mol. The molecule has 0 amide bonds. The highest BCUT2D eigenvalue weighted by Gasteiger charge is 2.33. The van der Waals surface area contributed by atoms with E-state index in [0.29, 0.717) is 0 Å². The van der Waals surface area contributed by atoms with Crippen molar-refractivity contribution in [3.8, 4) is 0 Å². The van der Waals surface area contributed by atoms with E-state index in [1.54, 1.807) is 0 Å². The summed E-state index contributed by atoms with van der Waals surface area (Å²) >= 11 is 0. The average molecular weight is 354 g/mol. The molecule has 1 aromatic carbocycles. The minimum absolute atomic E-state index is 0.856. The Morgan fingerprint density at radius 2 is 1.96 bits per heavy atom.